The largest absolute Gasteiger partial charge is 0.466 e. The number of nitrogens with zero attached hydrogens (tertiary/aromatic N) is 2. The second kappa shape index (κ2) is 5.90. The maximum absolute atomic E-state index is 11.7. The third-order valence-corrected chi connectivity index (χ3v) is 4.10. The summed E-state index contributed by atoms with van der Waals surface area (Å²) in [6.45, 7) is 3.00. The van der Waals surface area contributed by atoms with Crippen molar-refractivity contribution >= 4 is 17.6 Å². The number of rotatable bonds is 5. The lowest BCUT2D eigenvalue weighted by Crippen LogP contribution is -2.07. The van der Waals surface area contributed by atoms with Crippen LogP contribution in [0.1, 0.15) is 30.4 Å². The number of ether oxygens (including phenoxy) is 1. The van der Waals surface area contributed by atoms with E-state index in [0.717, 1.165) is 29.1 Å². The summed E-state index contributed by atoms with van der Waals surface area (Å²) >= 11 is 6.37. The van der Waals surface area contributed by atoms with Crippen LogP contribution in [0.25, 0.3) is 0 Å². The Labute approximate surface area is 128 Å². The van der Waals surface area contributed by atoms with Crippen molar-refractivity contribution in [2.45, 2.75) is 25.8 Å². The predicted molar refractivity (Wildman–Crippen MR) is 80.3 cm³/mol. The van der Waals surface area contributed by atoms with E-state index in [0.29, 0.717) is 6.61 Å². The highest BCUT2D eigenvalue weighted by Crippen LogP contribution is 2.50. The number of benzene rings is 1. The normalized spacial score (nSPS) is 20.3. The van der Waals surface area contributed by atoms with Crippen molar-refractivity contribution in [3.05, 3.63) is 53.1 Å². The lowest BCUT2D eigenvalue weighted by molar-refractivity contribution is -0.144. The lowest BCUT2D eigenvalue weighted by Gasteiger charge is -2.08. The second-order valence-corrected chi connectivity index (χ2v) is 5.70. The highest BCUT2D eigenvalue weighted by Gasteiger charge is 2.45. The van der Waals surface area contributed by atoms with E-state index in [4.69, 9.17) is 16.3 Å². The molecule has 2 unspecified atom stereocenters. The van der Waals surface area contributed by atoms with Crippen LogP contribution < -0.4 is 0 Å². The molecule has 0 aliphatic heterocycles. The van der Waals surface area contributed by atoms with Gasteiger partial charge in [0.25, 0.3) is 0 Å². The lowest BCUT2D eigenvalue weighted by atomic mass is 10.1. The van der Waals surface area contributed by atoms with Gasteiger partial charge in [0.2, 0.25) is 0 Å². The summed E-state index contributed by atoms with van der Waals surface area (Å²) in [5, 5.41) is 0.726. The molecule has 1 heterocycles. The van der Waals surface area contributed by atoms with Crippen molar-refractivity contribution in [2.75, 3.05) is 6.61 Å². The molecule has 110 valence electrons. The summed E-state index contributed by atoms with van der Waals surface area (Å²) in [6, 6.07) is 6.05. The standard InChI is InChI=1S/C16H17ClN2O2/c1-2-21-16(20)14-8-13(14)12-4-3-11(7-15(12)17)9-19-6-5-18-10-19/h3-7,10,13-14H,2,8-9H2,1H3. The van der Waals surface area contributed by atoms with Crippen LogP contribution in [0.15, 0.2) is 36.9 Å². The van der Waals surface area contributed by atoms with Crippen LogP contribution in [0.4, 0.5) is 0 Å². The Morgan fingerprint density at radius 3 is 3.05 bits per heavy atom. The molecule has 2 aromatic rings. The summed E-state index contributed by atoms with van der Waals surface area (Å²) in [4.78, 5) is 15.7. The van der Waals surface area contributed by atoms with Gasteiger partial charge in [0.15, 0.2) is 0 Å². The van der Waals surface area contributed by atoms with Gasteiger partial charge in [-0.1, -0.05) is 23.7 Å². The van der Waals surface area contributed by atoms with Gasteiger partial charge in [0.05, 0.1) is 18.9 Å². The number of hydrogen-bond donors (Lipinski definition) is 0. The van der Waals surface area contributed by atoms with Gasteiger partial charge in [-0.15, -0.1) is 0 Å². The fourth-order valence-electron chi connectivity index (χ4n) is 2.61. The van der Waals surface area contributed by atoms with Crippen LogP contribution in [0, 0.1) is 5.92 Å². The van der Waals surface area contributed by atoms with Crippen LogP contribution in [-0.4, -0.2) is 22.1 Å². The van der Waals surface area contributed by atoms with Crippen molar-refractivity contribution in [1.29, 1.82) is 0 Å². The molecule has 0 N–H and O–H groups in total. The summed E-state index contributed by atoms with van der Waals surface area (Å²) in [6.07, 6.45) is 6.28. The average molecular weight is 305 g/mol. The first-order chi connectivity index (χ1) is 10.2. The average Bonchev–Trinajstić information content (AvgIpc) is 3.08. The van der Waals surface area contributed by atoms with Gasteiger partial charge in [0, 0.05) is 24.0 Å². The zero-order valence-corrected chi connectivity index (χ0v) is 12.6. The minimum absolute atomic E-state index is 0.0260. The molecular weight excluding hydrogens is 288 g/mol. The minimum atomic E-state index is -0.110. The van der Waals surface area contributed by atoms with E-state index in [-0.39, 0.29) is 17.8 Å². The number of hydrogen-bond acceptors (Lipinski definition) is 3. The molecule has 1 fully saturated rings. The van der Waals surface area contributed by atoms with E-state index in [2.05, 4.69) is 11.1 Å². The van der Waals surface area contributed by atoms with E-state index >= 15 is 0 Å². The zero-order valence-electron chi connectivity index (χ0n) is 11.8. The zero-order chi connectivity index (χ0) is 14.8. The molecule has 1 saturated carbocycles. The summed E-state index contributed by atoms with van der Waals surface area (Å²) in [7, 11) is 0. The Kier molecular flexibility index (Phi) is 3.97. The van der Waals surface area contributed by atoms with E-state index in [9.17, 15) is 4.79 Å². The molecule has 1 aromatic heterocycles. The van der Waals surface area contributed by atoms with E-state index < -0.39 is 0 Å². The molecule has 4 nitrogen and oxygen atoms in total. The van der Waals surface area contributed by atoms with Gasteiger partial charge in [-0.25, -0.2) is 4.98 Å². The predicted octanol–water partition coefficient (Wildman–Crippen LogP) is 3.25. The summed E-state index contributed by atoms with van der Waals surface area (Å²) in [5.74, 6) is 0.0712. The first kappa shape index (κ1) is 14.1. The van der Waals surface area contributed by atoms with Crippen molar-refractivity contribution in [3.8, 4) is 0 Å². The molecule has 5 heteroatoms. The first-order valence-electron chi connectivity index (χ1n) is 7.09. The SMILES string of the molecule is CCOC(=O)C1CC1c1ccc(Cn2ccnc2)cc1Cl. The number of imidazole rings is 1. The molecule has 3 rings (SSSR count). The Balaban J connectivity index is 1.70. The topological polar surface area (TPSA) is 44.1 Å². The molecule has 21 heavy (non-hydrogen) atoms. The number of aromatic nitrogens is 2. The fourth-order valence-corrected chi connectivity index (χ4v) is 2.95. The van der Waals surface area contributed by atoms with Crippen molar-refractivity contribution in [2.24, 2.45) is 5.92 Å². The van der Waals surface area contributed by atoms with Gasteiger partial charge in [0.1, 0.15) is 0 Å². The first-order valence-corrected chi connectivity index (χ1v) is 7.47. The van der Waals surface area contributed by atoms with Gasteiger partial charge in [-0.3, -0.25) is 4.79 Å². The van der Waals surface area contributed by atoms with Crippen LogP contribution in [-0.2, 0) is 16.1 Å². The molecule has 1 aliphatic rings. The number of halogens is 1. The molecule has 0 saturated heterocycles. The third kappa shape index (κ3) is 3.10. The van der Waals surface area contributed by atoms with Crippen molar-refractivity contribution < 1.29 is 9.53 Å². The quantitative estimate of drug-likeness (QED) is 0.796. The second-order valence-electron chi connectivity index (χ2n) is 5.29. The van der Waals surface area contributed by atoms with Crippen LogP contribution >= 0.6 is 11.6 Å². The number of carbonyl (C=O) groups excluding carboxylic acids is 1. The van der Waals surface area contributed by atoms with E-state index in [1.807, 2.05) is 29.8 Å². The molecular formula is C16H17ClN2O2. The Morgan fingerprint density at radius 2 is 2.38 bits per heavy atom. The van der Waals surface area contributed by atoms with Gasteiger partial charge in [-0.2, -0.15) is 0 Å². The van der Waals surface area contributed by atoms with Crippen LogP contribution in [0.2, 0.25) is 5.02 Å². The van der Waals surface area contributed by atoms with Gasteiger partial charge < -0.3 is 9.30 Å². The Hall–Kier alpha value is -1.81. The minimum Gasteiger partial charge on any atom is -0.466 e. The van der Waals surface area contributed by atoms with Crippen LogP contribution in [0.3, 0.4) is 0 Å². The van der Waals surface area contributed by atoms with E-state index in [1.165, 1.54) is 0 Å². The molecule has 1 aromatic carbocycles. The molecule has 0 bridgehead atoms. The maximum atomic E-state index is 11.7. The molecule has 0 spiro atoms. The maximum Gasteiger partial charge on any atom is 0.309 e. The highest BCUT2D eigenvalue weighted by molar-refractivity contribution is 6.31. The monoisotopic (exact) mass is 304 g/mol. The highest BCUT2D eigenvalue weighted by atomic mass is 35.5. The smallest absolute Gasteiger partial charge is 0.309 e. The summed E-state index contributed by atoms with van der Waals surface area (Å²) in [5.41, 5.74) is 2.17. The summed E-state index contributed by atoms with van der Waals surface area (Å²) < 4.78 is 7.05. The molecule has 2 atom stereocenters. The number of carbonyl (C=O) groups is 1. The molecule has 0 amide bonds. The van der Waals surface area contributed by atoms with Crippen LogP contribution in [0.5, 0.6) is 0 Å². The van der Waals surface area contributed by atoms with Gasteiger partial charge >= 0.3 is 5.97 Å². The Morgan fingerprint density at radius 1 is 1.52 bits per heavy atom. The van der Waals surface area contributed by atoms with Crippen molar-refractivity contribution in [3.63, 3.8) is 0 Å². The molecule has 0 radical (unpaired) electrons. The van der Waals surface area contributed by atoms with E-state index in [1.54, 1.807) is 12.5 Å². The third-order valence-electron chi connectivity index (χ3n) is 3.77. The number of esters is 1. The Bertz CT molecular complexity index is 640. The van der Waals surface area contributed by atoms with Crippen molar-refractivity contribution in [1.82, 2.24) is 9.55 Å². The van der Waals surface area contributed by atoms with Gasteiger partial charge in [-0.05, 0) is 36.5 Å². The fraction of sp³-hybridized carbons (Fsp3) is 0.375. The molecule has 1 aliphatic carbocycles.